The summed E-state index contributed by atoms with van der Waals surface area (Å²) in [5.74, 6) is 0.279. The first-order valence-corrected chi connectivity index (χ1v) is 6.18. The minimum Gasteiger partial charge on any atom is -0.383 e. The number of benzene rings is 2. The van der Waals surface area contributed by atoms with Crippen LogP contribution in [0, 0.1) is 5.82 Å². The van der Waals surface area contributed by atoms with Crippen molar-refractivity contribution in [3.8, 4) is 0 Å². The third kappa shape index (κ3) is 2.25. The highest BCUT2D eigenvalue weighted by molar-refractivity contribution is 5.92. The summed E-state index contributed by atoms with van der Waals surface area (Å²) in [6.45, 7) is 0. The Labute approximate surface area is 115 Å². The summed E-state index contributed by atoms with van der Waals surface area (Å²) in [5.41, 5.74) is 14.2. The summed E-state index contributed by atoms with van der Waals surface area (Å²) in [5, 5.41) is 0.797. The number of nitrogen functional groups attached to an aromatic ring is 2. The lowest BCUT2D eigenvalue weighted by molar-refractivity contribution is 0.627. The molecule has 4 N–H and O–H groups in total. The molecule has 3 rings (SSSR count). The Morgan fingerprint density at radius 3 is 2.45 bits per heavy atom. The Morgan fingerprint density at radius 1 is 0.950 bits per heavy atom. The van der Waals surface area contributed by atoms with E-state index in [-0.39, 0.29) is 11.8 Å². The lowest BCUT2D eigenvalue weighted by Crippen LogP contribution is -2.02. The molecule has 5 heteroatoms. The molecule has 0 atom stereocenters. The maximum atomic E-state index is 12.9. The molecule has 0 saturated heterocycles. The lowest BCUT2D eigenvalue weighted by atomic mass is 10.0. The topological polar surface area (TPSA) is 77.8 Å². The fourth-order valence-electron chi connectivity index (χ4n) is 2.27. The third-order valence-electron chi connectivity index (χ3n) is 3.16. The fourth-order valence-corrected chi connectivity index (χ4v) is 2.27. The Bertz CT molecular complexity index is 769. The van der Waals surface area contributed by atoms with E-state index in [4.69, 9.17) is 11.5 Å². The van der Waals surface area contributed by atoms with Gasteiger partial charge in [0, 0.05) is 5.39 Å². The van der Waals surface area contributed by atoms with Crippen molar-refractivity contribution in [3.05, 3.63) is 59.4 Å². The van der Waals surface area contributed by atoms with Crippen molar-refractivity contribution in [1.82, 2.24) is 9.97 Å². The molecule has 0 aliphatic rings. The lowest BCUT2D eigenvalue weighted by Gasteiger charge is -2.09. The van der Waals surface area contributed by atoms with Gasteiger partial charge in [-0.05, 0) is 35.7 Å². The number of nitrogens with two attached hydrogens (primary N) is 2. The minimum atomic E-state index is -0.248. The molecule has 0 aliphatic carbocycles. The number of aromatic nitrogens is 2. The molecule has 0 bridgehead atoms. The molecule has 0 radical (unpaired) electrons. The Morgan fingerprint density at radius 2 is 1.70 bits per heavy atom. The monoisotopic (exact) mass is 268 g/mol. The normalized spacial score (nSPS) is 10.8. The molecular weight excluding hydrogens is 255 g/mol. The average Bonchev–Trinajstić information content (AvgIpc) is 2.41. The Kier molecular flexibility index (Phi) is 2.95. The molecule has 0 fully saturated rings. The zero-order valence-corrected chi connectivity index (χ0v) is 10.7. The molecule has 0 saturated carbocycles. The molecule has 4 nitrogen and oxygen atoms in total. The molecule has 1 heterocycles. The summed E-state index contributed by atoms with van der Waals surface area (Å²) in [6.07, 6.45) is 0.634. The van der Waals surface area contributed by atoms with Gasteiger partial charge in [0.15, 0.2) is 0 Å². The van der Waals surface area contributed by atoms with Gasteiger partial charge in [-0.2, -0.15) is 4.98 Å². The van der Waals surface area contributed by atoms with E-state index in [0.717, 1.165) is 22.0 Å². The van der Waals surface area contributed by atoms with Crippen LogP contribution in [0.4, 0.5) is 16.2 Å². The van der Waals surface area contributed by atoms with Gasteiger partial charge in [-0.1, -0.05) is 24.3 Å². The predicted octanol–water partition coefficient (Wildman–Crippen LogP) is 2.52. The first-order chi connectivity index (χ1) is 9.63. The van der Waals surface area contributed by atoms with Crippen LogP contribution in [0.2, 0.25) is 0 Å². The summed E-state index contributed by atoms with van der Waals surface area (Å²) in [6, 6.07) is 12.1. The van der Waals surface area contributed by atoms with Crippen LogP contribution in [-0.4, -0.2) is 9.97 Å². The first-order valence-electron chi connectivity index (χ1n) is 6.18. The number of anilines is 2. The quantitative estimate of drug-likeness (QED) is 0.748. The average molecular weight is 268 g/mol. The van der Waals surface area contributed by atoms with E-state index in [0.29, 0.717) is 12.2 Å². The molecule has 0 aliphatic heterocycles. The van der Waals surface area contributed by atoms with Crippen molar-refractivity contribution in [1.29, 1.82) is 0 Å². The standard InChI is InChI=1S/C15H13FN4/c16-11-6-4-9(5-7-11)8-10-2-1-3-12-13(10)14(17)20-15(18)19-12/h1-7H,8H2,(H4,17,18,19,20). The van der Waals surface area contributed by atoms with E-state index >= 15 is 0 Å². The highest BCUT2D eigenvalue weighted by atomic mass is 19.1. The summed E-state index contributed by atoms with van der Waals surface area (Å²) >= 11 is 0. The van der Waals surface area contributed by atoms with Crippen LogP contribution in [-0.2, 0) is 6.42 Å². The summed E-state index contributed by atoms with van der Waals surface area (Å²) in [4.78, 5) is 8.18. The van der Waals surface area contributed by atoms with E-state index in [9.17, 15) is 4.39 Å². The van der Waals surface area contributed by atoms with Crippen LogP contribution in [0.1, 0.15) is 11.1 Å². The molecule has 3 aromatic rings. The van der Waals surface area contributed by atoms with Crippen LogP contribution in [0.5, 0.6) is 0 Å². The molecule has 100 valence electrons. The zero-order valence-electron chi connectivity index (χ0n) is 10.7. The van der Waals surface area contributed by atoms with Crippen molar-refractivity contribution >= 4 is 22.7 Å². The van der Waals surface area contributed by atoms with Crippen molar-refractivity contribution < 1.29 is 4.39 Å². The third-order valence-corrected chi connectivity index (χ3v) is 3.16. The molecular formula is C15H13FN4. The second kappa shape index (κ2) is 4.77. The highest BCUT2D eigenvalue weighted by Crippen LogP contribution is 2.25. The number of fused-ring (bicyclic) bond motifs is 1. The van der Waals surface area contributed by atoms with Crippen LogP contribution in [0.15, 0.2) is 42.5 Å². The number of halogens is 1. The SMILES string of the molecule is Nc1nc(N)c2c(Cc3ccc(F)cc3)cccc2n1. The van der Waals surface area contributed by atoms with Gasteiger partial charge < -0.3 is 11.5 Å². The van der Waals surface area contributed by atoms with E-state index in [1.807, 2.05) is 18.2 Å². The minimum absolute atomic E-state index is 0.161. The zero-order chi connectivity index (χ0) is 14.1. The number of hydrogen-bond donors (Lipinski definition) is 2. The van der Waals surface area contributed by atoms with E-state index in [2.05, 4.69) is 9.97 Å². The molecule has 20 heavy (non-hydrogen) atoms. The number of rotatable bonds is 2. The Hall–Kier alpha value is -2.69. The van der Waals surface area contributed by atoms with Crippen LogP contribution >= 0.6 is 0 Å². The van der Waals surface area contributed by atoms with Gasteiger partial charge in [-0.15, -0.1) is 0 Å². The van der Waals surface area contributed by atoms with Crippen molar-refractivity contribution in [2.45, 2.75) is 6.42 Å². The van der Waals surface area contributed by atoms with Crippen LogP contribution in [0.25, 0.3) is 10.9 Å². The smallest absolute Gasteiger partial charge is 0.222 e. The first kappa shape index (κ1) is 12.3. The van der Waals surface area contributed by atoms with Gasteiger partial charge >= 0.3 is 0 Å². The Balaban J connectivity index is 2.09. The fraction of sp³-hybridized carbons (Fsp3) is 0.0667. The number of nitrogens with zero attached hydrogens (tertiary/aromatic N) is 2. The van der Waals surface area contributed by atoms with Crippen molar-refractivity contribution in [2.75, 3.05) is 11.5 Å². The van der Waals surface area contributed by atoms with E-state index in [1.54, 1.807) is 12.1 Å². The van der Waals surface area contributed by atoms with Gasteiger partial charge in [0.2, 0.25) is 5.95 Å². The van der Waals surface area contributed by atoms with Crippen LogP contribution < -0.4 is 11.5 Å². The second-order valence-electron chi connectivity index (χ2n) is 4.58. The maximum Gasteiger partial charge on any atom is 0.222 e. The van der Waals surface area contributed by atoms with Gasteiger partial charge in [0.1, 0.15) is 11.6 Å². The summed E-state index contributed by atoms with van der Waals surface area (Å²) in [7, 11) is 0. The molecule has 1 aromatic heterocycles. The summed E-state index contributed by atoms with van der Waals surface area (Å²) < 4.78 is 12.9. The molecule has 2 aromatic carbocycles. The van der Waals surface area contributed by atoms with Crippen molar-refractivity contribution in [3.63, 3.8) is 0 Å². The highest BCUT2D eigenvalue weighted by Gasteiger charge is 2.09. The van der Waals surface area contributed by atoms with Crippen LogP contribution in [0.3, 0.4) is 0 Å². The largest absolute Gasteiger partial charge is 0.383 e. The molecule has 0 unspecified atom stereocenters. The predicted molar refractivity (Wildman–Crippen MR) is 77.6 cm³/mol. The van der Waals surface area contributed by atoms with E-state index < -0.39 is 0 Å². The van der Waals surface area contributed by atoms with Gasteiger partial charge in [0.05, 0.1) is 5.52 Å². The van der Waals surface area contributed by atoms with Gasteiger partial charge in [-0.3, -0.25) is 0 Å². The van der Waals surface area contributed by atoms with Crippen molar-refractivity contribution in [2.24, 2.45) is 0 Å². The van der Waals surface area contributed by atoms with Gasteiger partial charge in [0.25, 0.3) is 0 Å². The van der Waals surface area contributed by atoms with E-state index in [1.165, 1.54) is 12.1 Å². The molecule has 0 amide bonds. The number of hydrogen-bond acceptors (Lipinski definition) is 4. The van der Waals surface area contributed by atoms with Gasteiger partial charge in [-0.25, -0.2) is 9.37 Å². The molecule has 0 spiro atoms. The maximum absolute atomic E-state index is 12.9. The second-order valence-corrected chi connectivity index (χ2v) is 4.58.